The van der Waals surface area contributed by atoms with E-state index < -0.39 is 11.7 Å². The van der Waals surface area contributed by atoms with Gasteiger partial charge in [0.15, 0.2) is 0 Å². The molecule has 4 nitrogen and oxygen atoms in total. The number of H-pyrrole nitrogens is 1. The van der Waals surface area contributed by atoms with Gasteiger partial charge in [0.2, 0.25) is 0 Å². The molecule has 3 rings (SSSR count). The number of hydrogen-bond donors (Lipinski definition) is 2. The van der Waals surface area contributed by atoms with Crippen molar-refractivity contribution in [2.75, 3.05) is 0 Å². The summed E-state index contributed by atoms with van der Waals surface area (Å²) in [4.78, 5) is 11.7. The first-order chi connectivity index (χ1) is 8.98. The number of rotatable bonds is 1. The van der Waals surface area contributed by atoms with Gasteiger partial charge in [0.25, 0.3) is 5.56 Å². The minimum atomic E-state index is -4.46. The van der Waals surface area contributed by atoms with Crippen LogP contribution in [0.15, 0.2) is 29.1 Å². The van der Waals surface area contributed by atoms with Crippen molar-refractivity contribution in [1.82, 2.24) is 15.1 Å². The quantitative estimate of drug-likeness (QED) is 0.829. The van der Waals surface area contributed by atoms with Crippen LogP contribution in [0.4, 0.5) is 13.2 Å². The number of alkyl halides is 3. The van der Waals surface area contributed by atoms with Gasteiger partial charge in [-0.1, -0.05) is 12.1 Å². The first-order valence-electron chi connectivity index (χ1n) is 5.68. The summed E-state index contributed by atoms with van der Waals surface area (Å²) in [6, 6.07) is 5.18. The second-order valence-corrected chi connectivity index (χ2v) is 4.32. The van der Waals surface area contributed by atoms with E-state index in [1.54, 1.807) is 0 Å². The molecule has 7 heteroatoms. The fourth-order valence-electron chi connectivity index (χ4n) is 2.29. The normalized spacial score (nSPS) is 14.7. The van der Waals surface area contributed by atoms with Crippen molar-refractivity contribution in [3.05, 3.63) is 51.4 Å². The molecule has 0 saturated carbocycles. The van der Waals surface area contributed by atoms with Gasteiger partial charge >= 0.3 is 6.18 Å². The Labute approximate surface area is 105 Å². The highest BCUT2D eigenvalue weighted by molar-refractivity contribution is 5.44. The molecule has 2 N–H and O–H groups in total. The lowest BCUT2D eigenvalue weighted by molar-refractivity contribution is -0.137. The summed E-state index contributed by atoms with van der Waals surface area (Å²) < 4.78 is 40.1. The summed E-state index contributed by atoms with van der Waals surface area (Å²) in [6.07, 6.45) is -4.46. The highest BCUT2D eigenvalue weighted by Gasteiger charge is 2.35. The Kier molecular flexibility index (Phi) is 2.53. The molecule has 0 saturated heterocycles. The van der Waals surface area contributed by atoms with Gasteiger partial charge in [-0.2, -0.15) is 13.2 Å². The maximum Gasteiger partial charge on any atom is 0.418 e. The number of hydrogen-bond acceptors (Lipinski definition) is 2. The molecule has 19 heavy (non-hydrogen) atoms. The Hall–Kier alpha value is -2.02. The maximum atomic E-state index is 13.0. The lowest BCUT2D eigenvalue weighted by Gasteiger charge is -2.14. The molecule has 0 atom stereocenters. The van der Waals surface area contributed by atoms with Gasteiger partial charge in [-0.3, -0.25) is 14.6 Å². The average Bonchev–Trinajstić information content (AvgIpc) is 2.93. The van der Waals surface area contributed by atoms with Crippen LogP contribution in [0.1, 0.15) is 16.8 Å². The minimum absolute atomic E-state index is 0.0583. The summed E-state index contributed by atoms with van der Waals surface area (Å²) in [5, 5.41) is 5.42. The number of nitrogens with zero attached hydrogens (tertiary/aromatic N) is 1. The van der Waals surface area contributed by atoms with E-state index in [4.69, 9.17) is 0 Å². The van der Waals surface area contributed by atoms with Crippen LogP contribution in [0.2, 0.25) is 0 Å². The second kappa shape index (κ2) is 3.99. The third kappa shape index (κ3) is 1.86. The van der Waals surface area contributed by atoms with Gasteiger partial charge in [-0.15, -0.1) is 0 Å². The largest absolute Gasteiger partial charge is 0.418 e. The van der Waals surface area contributed by atoms with E-state index in [0.29, 0.717) is 24.3 Å². The van der Waals surface area contributed by atoms with Gasteiger partial charge in [0.05, 0.1) is 22.5 Å². The number of para-hydroxylation sites is 1. The van der Waals surface area contributed by atoms with Gasteiger partial charge in [0.1, 0.15) is 0 Å². The van der Waals surface area contributed by atoms with E-state index in [0.717, 1.165) is 6.07 Å². The molecule has 0 bridgehead atoms. The summed E-state index contributed by atoms with van der Waals surface area (Å²) in [7, 11) is 0. The Morgan fingerprint density at radius 3 is 2.63 bits per heavy atom. The smallest absolute Gasteiger partial charge is 0.307 e. The molecule has 1 aromatic carbocycles. The Morgan fingerprint density at radius 2 is 1.89 bits per heavy atom. The lowest BCUT2D eigenvalue weighted by atomic mass is 10.1. The van der Waals surface area contributed by atoms with Crippen molar-refractivity contribution in [1.29, 1.82) is 0 Å². The highest BCUT2D eigenvalue weighted by Crippen LogP contribution is 2.34. The van der Waals surface area contributed by atoms with Gasteiger partial charge in [0, 0.05) is 13.1 Å². The number of aromatic amines is 1. The molecule has 2 heterocycles. The van der Waals surface area contributed by atoms with E-state index >= 15 is 0 Å². The van der Waals surface area contributed by atoms with Crippen LogP contribution in [-0.2, 0) is 19.3 Å². The van der Waals surface area contributed by atoms with Crippen molar-refractivity contribution in [3.63, 3.8) is 0 Å². The van der Waals surface area contributed by atoms with Crippen LogP contribution in [0.25, 0.3) is 5.69 Å². The molecule has 1 aliphatic rings. The minimum Gasteiger partial charge on any atom is -0.307 e. The topological polar surface area (TPSA) is 49.8 Å². The molecule has 0 aliphatic carbocycles. The standard InChI is InChI=1S/C12H10F3N3O/c13-12(14,15)8-3-1-2-4-9(8)18-10-6-16-5-7(10)11(19)17-18/h1-4,16H,5-6H2,(H,17,19). The molecule has 0 radical (unpaired) electrons. The van der Waals surface area contributed by atoms with Crippen molar-refractivity contribution in [2.24, 2.45) is 0 Å². The van der Waals surface area contributed by atoms with Crippen LogP contribution in [0.5, 0.6) is 0 Å². The molecule has 1 aliphatic heterocycles. The monoisotopic (exact) mass is 269 g/mol. The van der Waals surface area contributed by atoms with Gasteiger partial charge in [-0.25, -0.2) is 0 Å². The molecule has 2 aromatic rings. The number of halogens is 3. The number of nitrogens with one attached hydrogen (secondary N) is 2. The maximum absolute atomic E-state index is 13.0. The first-order valence-corrected chi connectivity index (χ1v) is 5.68. The number of aromatic nitrogens is 2. The third-order valence-corrected chi connectivity index (χ3v) is 3.15. The van der Waals surface area contributed by atoms with E-state index in [-0.39, 0.29) is 11.2 Å². The van der Waals surface area contributed by atoms with Crippen molar-refractivity contribution >= 4 is 0 Å². The zero-order valence-electron chi connectivity index (χ0n) is 9.71. The van der Waals surface area contributed by atoms with Crippen molar-refractivity contribution < 1.29 is 13.2 Å². The fourth-order valence-corrected chi connectivity index (χ4v) is 2.29. The lowest BCUT2D eigenvalue weighted by Crippen LogP contribution is -2.16. The molecule has 0 unspecified atom stereocenters. The molecule has 1 aromatic heterocycles. The van der Waals surface area contributed by atoms with Crippen molar-refractivity contribution in [3.8, 4) is 5.69 Å². The average molecular weight is 269 g/mol. The molecule has 0 amide bonds. The molecular formula is C12H10F3N3O. The van der Waals surface area contributed by atoms with Crippen LogP contribution < -0.4 is 10.9 Å². The predicted octanol–water partition coefficient (Wildman–Crippen LogP) is 1.79. The van der Waals surface area contributed by atoms with E-state index in [1.807, 2.05) is 0 Å². The van der Waals surface area contributed by atoms with E-state index in [2.05, 4.69) is 10.4 Å². The molecule has 100 valence electrons. The Balaban J connectivity index is 2.24. The van der Waals surface area contributed by atoms with Crippen molar-refractivity contribution in [2.45, 2.75) is 19.3 Å². The Bertz CT molecular complexity index is 684. The second-order valence-electron chi connectivity index (χ2n) is 4.32. The predicted molar refractivity (Wildman–Crippen MR) is 61.9 cm³/mol. The SMILES string of the molecule is O=c1[nH]n(-c2ccccc2C(F)(F)F)c2c1CNC2. The van der Waals surface area contributed by atoms with Crippen LogP contribution in [0, 0.1) is 0 Å². The number of fused-ring (bicyclic) bond motifs is 1. The highest BCUT2D eigenvalue weighted by atomic mass is 19.4. The summed E-state index contributed by atoms with van der Waals surface area (Å²) in [6.45, 7) is 0.756. The summed E-state index contributed by atoms with van der Waals surface area (Å²) in [5.74, 6) is 0. The fraction of sp³-hybridized carbons (Fsp3) is 0.250. The summed E-state index contributed by atoms with van der Waals surface area (Å²) in [5.41, 5.74) is -0.122. The Morgan fingerprint density at radius 1 is 1.16 bits per heavy atom. The molecule has 0 spiro atoms. The van der Waals surface area contributed by atoms with E-state index in [1.165, 1.54) is 22.9 Å². The van der Waals surface area contributed by atoms with Crippen LogP contribution in [-0.4, -0.2) is 9.78 Å². The zero-order chi connectivity index (χ0) is 13.6. The molecular weight excluding hydrogens is 259 g/mol. The third-order valence-electron chi connectivity index (χ3n) is 3.15. The van der Waals surface area contributed by atoms with Crippen LogP contribution >= 0.6 is 0 Å². The zero-order valence-corrected chi connectivity index (χ0v) is 9.71. The number of benzene rings is 1. The molecule has 0 fully saturated rings. The van der Waals surface area contributed by atoms with Gasteiger partial charge in [-0.05, 0) is 12.1 Å². The summed E-state index contributed by atoms with van der Waals surface area (Å²) >= 11 is 0. The van der Waals surface area contributed by atoms with Crippen LogP contribution in [0.3, 0.4) is 0 Å². The van der Waals surface area contributed by atoms with Gasteiger partial charge < -0.3 is 5.32 Å². The van der Waals surface area contributed by atoms with E-state index in [9.17, 15) is 18.0 Å². The first kappa shape index (κ1) is 12.0.